The largest absolute Gasteiger partial charge is 0.461 e. The Hall–Kier alpha value is -1.29. The monoisotopic (exact) mass is 349 g/mol. The molecular weight excluding hydrogens is 330 g/mol. The minimum atomic E-state index is -0.130. The van der Waals surface area contributed by atoms with Gasteiger partial charge in [-0.05, 0) is 55.9 Å². The number of aromatic nitrogens is 1. The minimum absolute atomic E-state index is 0.115. The Morgan fingerprint density at radius 1 is 1.29 bits per heavy atom. The van der Waals surface area contributed by atoms with Gasteiger partial charge in [0, 0.05) is 21.6 Å². The van der Waals surface area contributed by atoms with E-state index in [1.165, 1.54) is 12.8 Å². The summed E-state index contributed by atoms with van der Waals surface area (Å²) >= 11 is 3.46. The topological polar surface area (TPSA) is 31.2 Å². The molecule has 4 heteroatoms. The molecule has 1 aliphatic rings. The summed E-state index contributed by atoms with van der Waals surface area (Å²) in [6, 6.07) is 8.09. The number of rotatable bonds is 3. The maximum atomic E-state index is 12.1. The van der Waals surface area contributed by atoms with Crippen LogP contribution in [0.4, 0.5) is 0 Å². The molecule has 0 atom stereocenters. The molecule has 0 aliphatic heterocycles. The fourth-order valence-electron chi connectivity index (χ4n) is 3.02. The first kappa shape index (κ1) is 14.6. The summed E-state index contributed by atoms with van der Waals surface area (Å²) in [5.74, 6) is 0.641. The quantitative estimate of drug-likeness (QED) is 0.762. The molecule has 1 fully saturated rings. The van der Waals surface area contributed by atoms with Crippen LogP contribution in [-0.4, -0.2) is 16.6 Å². The van der Waals surface area contributed by atoms with Gasteiger partial charge in [0.1, 0.15) is 12.6 Å². The van der Waals surface area contributed by atoms with Crippen LogP contribution in [0.2, 0.25) is 0 Å². The van der Waals surface area contributed by atoms with Gasteiger partial charge in [-0.3, -0.25) is 4.79 Å². The second kappa shape index (κ2) is 6.22. The number of nitrogens with zero attached hydrogens (tertiary/aromatic N) is 1. The molecule has 1 aromatic carbocycles. The van der Waals surface area contributed by atoms with E-state index >= 15 is 0 Å². The number of carbonyl (C=O) groups is 1. The van der Waals surface area contributed by atoms with Crippen molar-refractivity contribution in [3.63, 3.8) is 0 Å². The van der Waals surface area contributed by atoms with E-state index in [-0.39, 0.29) is 18.6 Å². The lowest BCUT2D eigenvalue weighted by molar-refractivity contribution is -0.151. The molecule has 3 rings (SSSR count). The number of fused-ring (bicyclic) bond motifs is 1. The van der Waals surface area contributed by atoms with Gasteiger partial charge in [0.25, 0.3) is 0 Å². The van der Waals surface area contributed by atoms with Crippen molar-refractivity contribution in [1.82, 2.24) is 4.57 Å². The lowest BCUT2D eigenvalue weighted by Crippen LogP contribution is -2.25. The Morgan fingerprint density at radius 2 is 2.05 bits per heavy atom. The molecule has 3 nitrogen and oxygen atoms in total. The molecule has 0 N–H and O–H groups in total. The Morgan fingerprint density at radius 3 is 2.81 bits per heavy atom. The van der Waals surface area contributed by atoms with Gasteiger partial charge < -0.3 is 9.30 Å². The van der Waals surface area contributed by atoms with Crippen LogP contribution in [0.3, 0.4) is 0 Å². The zero-order valence-electron chi connectivity index (χ0n) is 12.2. The smallest absolute Gasteiger partial charge is 0.326 e. The van der Waals surface area contributed by atoms with Crippen LogP contribution in [0.25, 0.3) is 10.9 Å². The fraction of sp³-hybridized carbons (Fsp3) is 0.471. The second-order valence-electron chi connectivity index (χ2n) is 6.02. The highest BCUT2D eigenvalue weighted by molar-refractivity contribution is 9.10. The average molecular weight is 350 g/mol. The lowest BCUT2D eigenvalue weighted by Gasteiger charge is -2.26. The highest BCUT2D eigenvalue weighted by Crippen LogP contribution is 2.26. The van der Waals surface area contributed by atoms with Gasteiger partial charge in [0.2, 0.25) is 0 Å². The van der Waals surface area contributed by atoms with Crippen molar-refractivity contribution in [1.29, 1.82) is 0 Å². The number of benzene rings is 1. The van der Waals surface area contributed by atoms with Crippen LogP contribution in [0.1, 0.15) is 32.6 Å². The van der Waals surface area contributed by atoms with Gasteiger partial charge in [0.05, 0.1) is 0 Å². The number of ether oxygens (including phenoxy) is 1. The maximum Gasteiger partial charge on any atom is 0.326 e. The van der Waals surface area contributed by atoms with E-state index in [9.17, 15) is 4.79 Å². The van der Waals surface area contributed by atoms with Gasteiger partial charge in [0.15, 0.2) is 0 Å². The zero-order valence-corrected chi connectivity index (χ0v) is 13.8. The molecule has 0 bridgehead atoms. The molecule has 0 spiro atoms. The van der Waals surface area contributed by atoms with Crippen molar-refractivity contribution in [2.24, 2.45) is 5.92 Å². The Balaban J connectivity index is 1.63. The second-order valence-corrected chi connectivity index (χ2v) is 6.93. The number of carbonyl (C=O) groups excluding carboxylic acids is 1. The van der Waals surface area contributed by atoms with Crippen LogP contribution in [0, 0.1) is 5.92 Å². The van der Waals surface area contributed by atoms with E-state index in [2.05, 4.69) is 28.9 Å². The first-order valence-electron chi connectivity index (χ1n) is 7.55. The van der Waals surface area contributed by atoms with E-state index < -0.39 is 0 Å². The number of hydrogen-bond acceptors (Lipinski definition) is 2. The summed E-state index contributed by atoms with van der Waals surface area (Å²) in [4.78, 5) is 12.1. The Kier molecular flexibility index (Phi) is 4.34. The molecule has 1 aliphatic carbocycles. The first-order chi connectivity index (χ1) is 10.1. The average Bonchev–Trinajstić information content (AvgIpc) is 2.83. The molecule has 2 aromatic rings. The van der Waals surface area contributed by atoms with E-state index in [1.54, 1.807) is 0 Å². The predicted octanol–water partition coefficient (Wildman–Crippen LogP) is 4.53. The molecular formula is C17H20BrNO2. The third-order valence-electron chi connectivity index (χ3n) is 4.29. The fourth-order valence-corrected chi connectivity index (χ4v) is 3.40. The van der Waals surface area contributed by atoms with Crippen molar-refractivity contribution in [3.05, 3.63) is 34.9 Å². The molecule has 0 amide bonds. The minimum Gasteiger partial charge on any atom is -0.461 e. The first-order valence-corrected chi connectivity index (χ1v) is 8.35. The van der Waals surface area contributed by atoms with Crippen molar-refractivity contribution in [2.75, 3.05) is 0 Å². The Bertz CT molecular complexity index is 641. The summed E-state index contributed by atoms with van der Waals surface area (Å²) in [6.07, 6.45) is 6.40. The van der Waals surface area contributed by atoms with Gasteiger partial charge in [-0.25, -0.2) is 0 Å². The molecule has 1 heterocycles. The third-order valence-corrected chi connectivity index (χ3v) is 4.79. The van der Waals surface area contributed by atoms with Crippen molar-refractivity contribution in [2.45, 2.75) is 45.3 Å². The third kappa shape index (κ3) is 3.49. The maximum absolute atomic E-state index is 12.1. The molecule has 112 valence electrons. The summed E-state index contributed by atoms with van der Waals surface area (Å²) < 4.78 is 8.62. The summed E-state index contributed by atoms with van der Waals surface area (Å²) in [5, 5.41) is 1.13. The highest BCUT2D eigenvalue weighted by atomic mass is 79.9. The SMILES string of the molecule is CC1CCC(OC(=O)Cn2ccc3cc(Br)ccc32)CC1. The molecule has 21 heavy (non-hydrogen) atoms. The molecule has 1 aromatic heterocycles. The van der Waals surface area contributed by atoms with Gasteiger partial charge in [-0.2, -0.15) is 0 Å². The van der Waals surface area contributed by atoms with Gasteiger partial charge in [-0.1, -0.05) is 22.9 Å². The number of hydrogen-bond donors (Lipinski definition) is 0. The molecule has 0 saturated heterocycles. The highest BCUT2D eigenvalue weighted by Gasteiger charge is 2.21. The Labute approximate surface area is 133 Å². The summed E-state index contributed by atoms with van der Waals surface area (Å²) in [6.45, 7) is 2.55. The van der Waals surface area contributed by atoms with Crippen LogP contribution >= 0.6 is 15.9 Å². The van der Waals surface area contributed by atoms with Crippen molar-refractivity contribution >= 4 is 32.8 Å². The van der Waals surface area contributed by atoms with E-state index in [0.717, 1.165) is 34.1 Å². The molecule has 0 radical (unpaired) electrons. The van der Waals surface area contributed by atoms with E-state index in [0.29, 0.717) is 0 Å². The summed E-state index contributed by atoms with van der Waals surface area (Å²) in [5.41, 5.74) is 1.06. The normalized spacial score (nSPS) is 22.4. The zero-order chi connectivity index (χ0) is 14.8. The summed E-state index contributed by atoms with van der Waals surface area (Å²) in [7, 11) is 0. The number of esters is 1. The van der Waals surface area contributed by atoms with Crippen LogP contribution < -0.4 is 0 Å². The van der Waals surface area contributed by atoms with Gasteiger partial charge in [-0.15, -0.1) is 0 Å². The molecule has 0 unspecified atom stereocenters. The number of halogens is 1. The van der Waals surface area contributed by atoms with E-state index in [1.807, 2.05) is 29.0 Å². The van der Waals surface area contributed by atoms with Gasteiger partial charge >= 0.3 is 5.97 Å². The standard InChI is InChI=1S/C17H20BrNO2/c1-12-2-5-15(6-3-12)21-17(20)11-19-9-8-13-10-14(18)4-7-16(13)19/h4,7-10,12,15H,2-3,5-6,11H2,1H3. The van der Waals surface area contributed by atoms with E-state index in [4.69, 9.17) is 4.74 Å². The lowest BCUT2D eigenvalue weighted by atomic mass is 9.89. The van der Waals surface area contributed by atoms with Crippen LogP contribution in [0.15, 0.2) is 34.9 Å². The van der Waals surface area contributed by atoms with Crippen LogP contribution in [-0.2, 0) is 16.1 Å². The van der Waals surface area contributed by atoms with Crippen molar-refractivity contribution in [3.8, 4) is 0 Å². The van der Waals surface area contributed by atoms with Crippen LogP contribution in [0.5, 0.6) is 0 Å². The molecule has 1 saturated carbocycles. The van der Waals surface area contributed by atoms with Crippen molar-refractivity contribution < 1.29 is 9.53 Å². The predicted molar refractivity (Wildman–Crippen MR) is 87.2 cm³/mol.